The Kier molecular flexibility index (Phi) is 4.05. The van der Waals surface area contributed by atoms with Crippen molar-refractivity contribution in [3.63, 3.8) is 0 Å². The van der Waals surface area contributed by atoms with Crippen molar-refractivity contribution in [1.82, 2.24) is 9.61 Å². The highest BCUT2D eigenvalue weighted by Gasteiger charge is 2.05. The van der Waals surface area contributed by atoms with Gasteiger partial charge in [-0.2, -0.15) is 5.10 Å². The molecule has 0 aliphatic carbocycles. The Morgan fingerprint density at radius 2 is 2.00 bits per heavy atom. The second kappa shape index (κ2) is 6.31. The number of nitrogens with one attached hydrogen (secondary N) is 1. The third-order valence-electron chi connectivity index (χ3n) is 3.32. The number of anilines is 1. The second-order valence-electron chi connectivity index (χ2n) is 4.90. The van der Waals surface area contributed by atoms with Crippen LogP contribution in [0.3, 0.4) is 0 Å². The Hall–Kier alpha value is -2.49. The van der Waals surface area contributed by atoms with Gasteiger partial charge in [0.15, 0.2) is 0 Å². The maximum absolute atomic E-state index is 5.76. The number of fused-ring (bicyclic) bond motifs is 1. The smallest absolute Gasteiger partial charge is 0.142 e. The highest BCUT2D eigenvalue weighted by Crippen LogP contribution is 2.25. The molecule has 1 aromatic carbocycles. The van der Waals surface area contributed by atoms with Gasteiger partial charge in [-0.25, -0.2) is 4.52 Å². The molecule has 0 atom stereocenters. The van der Waals surface area contributed by atoms with Gasteiger partial charge in [-0.3, -0.25) is 0 Å². The molecule has 0 radical (unpaired) electrons. The molecular weight excluding hydrogens is 262 g/mol. The monoisotopic (exact) mass is 281 g/mol. The zero-order chi connectivity index (χ0) is 14.5. The Labute approximate surface area is 124 Å². The van der Waals surface area contributed by atoms with Crippen LogP contribution in [-0.2, 0) is 6.54 Å². The van der Waals surface area contributed by atoms with Crippen molar-refractivity contribution in [2.75, 3.05) is 11.9 Å². The standard InChI is InChI=1S/C17H19N3O/c1-2-11-21-17-9-4-3-7-15(17)18-12-14-13-19-20-10-6-5-8-16(14)20/h3-10,13,18H,2,11-12H2,1H3. The van der Waals surface area contributed by atoms with Gasteiger partial charge in [0.25, 0.3) is 0 Å². The molecule has 4 nitrogen and oxygen atoms in total. The number of aromatic nitrogens is 2. The summed E-state index contributed by atoms with van der Waals surface area (Å²) >= 11 is 0. The molecule has 0 saturated heterocycles. The maximum Gasteiger partial charge on any atom is 0.142 e. The first-order valence-corrected chi connectivity index (χ1v) is 7.25. The largest absolute Gasteiger partial charge is 0.491 e. The van der Waals surface area contributed by atoms with E-state index in [9.17, 15) is 0 Å². The van der Waals surface area contributed by atoms with E-state index in [0.717, 1.165) is 36.5 Å². The summed E-state index contributed by atoms with van der Waals surface area (Å²) in [6, 6.07) is 14.1. The molecule has 108 valence electrons. The van der Waals surface area contributed by atoms with Crippen molar-refractivity contribution in [3.05, 3.63) is 60.4 Å². The number of benzene rings is 1. The summed E-state index contributed by atoms with van der Waals surface area (Å²) in [6.07, 6.45) is 4.86. The van der Waals surface area contributed by atoms with E-state index in [1.165, 1.54) is 5.56 Å². The number of pyridine rings is 1. The van der Waals surface area contributed by atoms with Crippen LogP contribution in [0, 0.1) is 0 Å². The predicted octanol–water partition coefficient (Wildman–Crippen LogP) is 3.74. The van der Waals surface area contributed by atoms with E-state index in [0.29, 0.717) is 0 Å². The van der Waals surface area contributed by atoms with Gasteiger partial charge < -0.3 is 10.1 Å². The average Bonchev–Trinajstić information content (AvgIpc) is 2.95. The zero-order valence-electron chi connectivity index (χ0n) is 12.1. The molecule has 2 aromatic heterocycles. The van der Waals surface area contributed by atoms with E-state index in [1.807, 2.05) is 53.3 Å². The molecule has 0 unspecified atom stereocenters. The van der Waals surface area contributed by atoms with Crippen LogP contribution in [0.1, 0.15) is 18.9 Å². The second-order valence-corrected chi connectivity index (χ2v) is 4.90. The Balaban J connectivity index is 1.75. The summed E-state index contributed by atoms with van der Waals surface area (Å²) in [5, 5.41) is 7.79. The van der Waals surface area contributed by atoms with Crippen molar-refractivity contribution >= 4 is 11.2 Å². The van der Waals surface area contributed by atoms with Gasteiger partial charge in [-0.1, -0.05) is 25.1 Å². The Morgan fingerprint density at radius 1 is 1.14 bits per heavy atom. The Bertz CT molecular complexity index is 721. The fourth-order valence-corrected chi connectivity index (χ4v) is 2.26. The SMILES string of the molecule is CCCOc1ccccc1NCc1cnn2ccccc12. The first-order valence-electron chi connectivity index (χ1n) is 7.25. The van der Waals surface area contributed by atoms with E-state index in [1.54, 1.807) is 0 Å². The molecule has 1 N–H and O–H groups in total. The lowest BCUT2D eigenvalue weighted by molar-refractivity contribution is 0.319. The fraction of sp³-hybridized carbons (Fsp3) is 0.235. The van der Waals surface area contributed by atoms with Gasteiger partial charge in [-0.15, -0.1) is 0 Å². The average molecular weight is 281 g/mol. The van der Waals surface area contributed by atoms with Crippen LogP contribution in [0.25, 0.3) is 5.52 Å². The summed E-state index contributed by atoms with van der Waals surface area (Å²) in [5.41, 5.74) is 3.30. The van der Waals surface area contributed by atoms with Crippen molar-refractivity contribution in [2.24, 2.45) is 0 Å². The fourth-order valence-electron chi connectivity index (χ4n) is 2.26. The Morgan fingerprint density at radius 3 is 2.90 bits per heavy atom. The molecule has 0 aliphatic rings. The molecule has 0 aliphatic heterocycles. The molecule has 4 heteroatoms. The van der Waals surface area contributed by atoms with Gasteiger partial charge >= 0.3 is 0 Å². The van der Waals surface area contributed by atoms with Crippen molar-refractivity contribution in [1.29, 1.82) is 0 Å². The van der Waals surface area contributed by atoms with Gasteiger partial charge in [-0.05, 0) is 30.7 Å². The summed E-state index contributed by atoms with van der Waals surface area (Å²) in [4.78, 5) is 0. The number of hydrogen-bond donors (Lipinski definition) is 1. The molecule has 0 spiro atoms. The summed E-state index contributed by atoms with van der Waals surface area (Å²) in [6.45, 7) is 3.56. The minimum absolute atomic E-state index is 0.722. The minimum atomic E-state index is 0.722. The van der Waals surface area contributed by atoms with Crippen LogP contribution >= 0.6 is 0 Å². The van der Waals surface area contributed by atoms with Crippen LogP contribution in [0.4, 0.5) is 5.69 Å². The van der Waals surface area contributed by atoms with Crippen LogP contribution in [0.5, 0.6) is 5.75 Å². The van der Waals surface area contributed by atoms with Crippen LogP contribution in [-0.4, -0.2) is 16.2 Å². The van der Waals surface area contributed by atoms with Crippen molar-refractivity contribution in [2.45, 2.75) is 19.9 Å². The lowest BCUT2D eigenvalue weighted by Gasteiger charge is -2.12. The third kappa shape index (κ3) is 2.99. The van der Waals surface area contributed by atoms with Gasteiger partial charge in [0.1, 0.15) is 5.75 Å². The zero-order valence-corrected chi connectivity index (χ0v) is 12.1. The molecule has 0 amide bonds. The molecule has 3 rings (SSSR count). The van der Waals surface area contributed by atoms with Crippen molar-refractivity contribution < 1.29 is 4.74 Å². The molecular formula is C17H19N3O. The van der Waals surface area contributed by atoms with E-state index < -0.39 is 0 Å². The lowest BCUT2D eigenvalue weighted by atomic mass is 10.2. The predicted molar refractivity (Wildman–Crippen MR) is 84.7 cm³/mol. The summed E-state index contributed by atoms with van der Waals surface area (Å²) in [5.74, 6) is 0.899. The van der Waals surface area contributed by atoms with E-state index in [4.69, 9.17) is 4.74 Å². The lowest BCUT2D eigenvalue weighted by Crippen LogP contribution is -2.03. The molecule has 0 saturated carbocycles. The number of hydrogen-bond acceptors (Lipinski definition) is 3. The first kappa shape index (κ1) is 13.5. The van der Waals surface area contributed by atoms with Gasteiger partial charge in [0.2, 0.25) is 0 Å². The summed E-state index contributed by atoms with van der Waals surface area (Å²) < 4.78 is 7.65. The number of nitrogens with zero attached hydrogens (tertiary/aromatic N) is 2. The number of ether oxygens (including phenoxy) is 1. The number of rotatable bonds is 6. The molecule has 3 aromatic rings. The topological polar surface area (TPSA) is 38.6 Å². The maximum atomic E-state index is 5.76. The van der Waals surface area contributed by atoms with E-state index in [-0.39, 0.29) is 0 Å². The molecule has 0 fully saturated rings. The highest BCUT2D eigenvalue weighted by molar-refractivity contribution is 5.59. The van der Waals surface area contributed by atoms with E-state index >= 15 is 0 Å². The van der Waals surface area contributed by atoms with Crippen LogP contribution in [0.15, 0.2) is 54.9 Å². The third-order valence-corrected chi connectivity index (χ3v) is 3.32. The summed E-state index contributed by atoms with van der Waals surface area (Å²) in [7, 11) is 0. The quantitative estimate of drug-likeness (QED) is 0.748. The highest BCUT2D eigenvalue weighted by atomic mass is 16.5. The molecule has 0 bridgehead atoms. The normalized spacial score (nSPS) is 10.7. The van der Waals surface area contributed by atoms with Crippen LogP contribution < -0.4 is 10.1 Å². The first-order chi connectivity index (χ1) is 10.4. The number of para-hydroxylation sites is 2. The van der Waals surface area contributed by atoms with Gasteiger partial charge in [0, 0.05) is 18.3 Å². The molecule has 2 heterocycles. The molecule has 21 heavy (non-hydrogen) atoms. The van der Waals surface area contributed by atoms with Gasteiger partial charge in [0.05, 0.1) is 24.0 Å². The van der Waals surface area contributed by atoms with Crippen molar-refractivity contribution in [3.8, 4) is 5.75 Å². The van der Waals surface area contributed by atoms with Crippen LogP contribution in [0.2, 0.25) is 0 Å². The van der Waals surface area contributed by atoms with E-state index in [2.05, 4.69) is 23.4 Å². The minimum Gasteiger partial charge on any atom is -0.491 e.